The van der Waals surface area contributed by atoms with Gasteiger partial charge in [-0.2, -0.15) is 0 Å². The average Bonchev–Trinajstić information content (AvgIpc) is 3.13. The van der Waals surface area contributed by atoms with Gasteiger partial charge >= 0.3 is 0 Å². The summed E-state index contributed by atoms with van der Waals surface area (Å²) in [4.78, 5) is 19.3. The molecular formula is C24H28N2O4. The number of carbonyl (C=O) groups is 1. The van der Waals surface area contributed by atoms with Crippen molar-refractivity contribution in [3.8, 4) is 23.0 Å². The minimum atomic E-state index is 0.00126. The summed E-state index contributed by atoms with van der Waals surface area (Å²) in [5, 5.41) is 0. The van der Waals surface area contributed by atoms with E-state index in [-0.39, 0.29) is 12.3 Å². The molecule has 30 heavy (non-hydrogen) atoms. The Morgan fingerprint density at radius 3 is 2.53 bits per heavy atom. The van der Waals surface area contributed by atoms with Gasteiger partial charge in [-0.1, -0.05) is 24.3 Å². The summed E-state index contributed by atoms with van der Waals surface area (Å²) in [5.41, 5.74) is 2.54. The lowest BCUT2D eigenvalue weighted by Gasteiger charge is -2.21. The van der Waals surface area contributed by atoms with E-state index in [1.807, 2.05) is 69.3 Å². The number of hydrogen-bond acceptors (Lipinski definition) is 5. The van der Waals surface area contributed by atoms with Gasteiger partial charge in [-0.05, 0) is 50.6 Å². The van der Waals surface area contributed by atoms with Crippen molar-refractivity contribution in [3.05, 3.63) is 65.5 Å². The minimum absolute atomic E-state index is 0.00126. The third-order valence-corrected chi connectivity index (χ3v) is 4.87. The number of benzene rings is 2. The molecular weight excluding hydrogens is 380 g/mol. The van der Waals surface area contributed by atoms with E-state index in [2.05, 4.69) is 4.98 Å². The highest BCUT2D eigenvalue weighted by atomic mass is 16.5. The fourth-order valence-corrected chi connectivity index (χ4v) is 3.23. The molecule has 1 aromatic heterocycles. The normalized spacial score (nSPS) is 10.7. The van der Waals surface area contributed by atoms with Gasteiger partial charge in [0.25, 0.3) is 0 Å². The number of likely N-dealkylation sites (N-methyl/N-ethyl adjacent to an activating group) is 1. The zero-order chi connectivity index (χ0) is 21.5. The fourth-order valence-electron chi connectivity index (χ4n) is 3.23. The molecule has 0 aliphatic carbocycles. The average molecular weight is 408 g/mol. The van der Waals surface area contributed by atoms with E-state index in [0.29, 0.717) is 48.5 Å². The van der Waals surface area contributed by atoms with Crippen LogP contribution in [0.2, 0.25) is 0 Å². The van der Waals surface area contributed by atoms with Crippen LogP contribution in [0, 0.1) is 6.92 Å². The van der Waals surface area contributed by atoms with Gasteiger partial charge in [0.1, 0.15) is 5.76 Å². The Bertz CT molecular complexity index is 982. The van der Waals surface area contributed by atoms with Crippen LogP contribution in [0.4, 0.5) is 0 Å². The standard InChI is InChI=1S/C24H28N2O4/c1-5-26(16-18-12-13-21(29-6-2)22(14-18)28-4)23(27)15-20-17(3)30-24(25-20)19-10-8-7-9-11-19/h7-14H,5-6,15-16H2,1-4H3. The zero-order valence-electron chi connectivity index (χ0n) is 18.0. The molecule has 0 saturated carbocycles. The number of rotatable bonds is 9. The first-order valence-electron chi connectivity index (χ1n) is 10.1. The number of ether oxygens (including phenoxy) is 2. The molecule has 6 heteroatoms. The van der Waals surface area contributed by atoms with Gasteiger partial charge in [0, 0.05) is 18.7 Å². The predicted octanol–water partition coefficient (Wildman–Crippen LogP) is 4.65. The second-order valence-corrected chi connectivity index (χ2v) is 6.89. The van der Waals surface area contributed by atoms with Crippen LogP contribution in [0.5, 0.6) is 11.5 Å². The Labute approximate surface area is 177 Å². The largest absolute Gasteiger partial charge is 0.493 e. The molecule has 3 rings (SSSR count). The van der Waals surface area contributed by atoms with Crippen LogP contribution >= 0.6 is 0 Å². The van der Waals surface area contributed by atoms with Crippen molar-refractivity contribution in [2.75, 3.05) is 20.3 Å². The van der Waals surface area contributed by atoms with Gasteiger partial charge in [-0.25, -0.2) is 4.98 Å². The van der Waals surface area contributed by atoms with Crippen LogP contribution in [-0.4, -0.2) is 36.1 Å². The first-order chi connectivity index (χ1) is 14.5. The van der Waals surface area contributed by atoms with Gasteiger partial charge in [0.15, 0.2) is 11.5 Å². The summed E-state index contributed by atoms with van der Waals surface area (Å²) in [6.07, 6.45) is 0.199. The molecule has 0 spiro atoms. The first kappa shape index (κ1) is 21.4. The topological polar surface area (TPSA) is 64.8 Å². The Balaban J connectivity index is 1.72. The molecule has 0 bridgehead atoms. The summed E-state index contributed by atoms with van der Waals surface area (Å²) in [6.45, 7) is 7.39. The maximum Gasteiger partial charge on any atom is 0.229 e. The third-order valence-electron chi connectivity index (χ3n) is 4.87. The van der Waals surface area contributed by atoms with Crippen LogP contribution in [-0.2, 0) is 17.8 Å². The molecule has 0 aliphatic heterocycles. The highest BCUT2D eigenvalue weighted by Gasteiger charge is 2.19. The number of hydrogen-bond donors (Lipinski definition) is 0. The summed E-state index contributed by atoms with van der Waals surface area (Å²) in [5.74, 6) is 2.57. The number of methoxy groups -OCH3 is 1. The summed E-state index contributed by atoms with van der Waals surface area (Å²) < 4.78 is 16.8. The summed E-state index contributed by atoms with van der Waals surface area (Å²) in [7, 11) is 1.61. The predicted molar refractivity (Wildman–Crippen MR) is 116 cm³/mol. The SMILES string of the molecule is CCOc1ccc(CN(CC)C(=O)Cc2nc(-c3ccccc3)oc2C)cc1OC. The van der Waals surface area contributed by atoms with Gasteiger partial charge in [-0.15, -0.1) is 0 Å². The second-order valence-electron chi connectivity index (χ2n) is 6.89. The molecule has 3 aromatic rings. The summed E-state index contributed by atoms with van der Waals surface area (Å²) >= 11 is 0. The van der Waals surface area contributed by atoms with Crippen molar-refractivity contribution >= 4 is 5.91 Å². The van der Waals surface area contributed by atoms with Crippen LogP contribution in [0.25, 0.3) is 11.5 Å². The summed E-state index contributed by atoms with van der Waals surface area (Å²) in [6, 6.07) is 15.4. The molecule has 0 fully saturated rings. The van der Waals surface area contributed by atoms with Crippen molar-refractivity contribution < 1.29 is 18.7 Å². The smallest absolute Gasteiger partial charge is 0.229 e. The maximum atomic E-state index is 13.0. The van der Waals surface area contributed by atoms with E-state index in [1.165, 1.54) is 0 Å². The number of oxazole rings is 1. The van der Waals surface area contributed by atoms with Crippen molar-refractivity contribution in [1.29, 1.82) is 0 Å². The highest BCUT2D eigenvalue weighted by Crippen LogP contribution is 2.29. The lowest BCUT2D eigenvalue weighted by molar-refractivity contribution is -0.130. The van der Waals surface area contributed by atoms with E-state index in [4.69, 9.17) is 13.9 Å². The lowest BCUT2D eigenvalue weighted by Crippen LogP contribution is -2.31. The Kier molecular flexibility index (Phi) is 7.12. The Morgan fingerprint density at radius 1 is 1.10 bits per heavy atom. The molecule has 0 radical (unpaired) electrons. The second kappa shape index (κ2) is 9.96. The van der Waals surface area contributed by atoms with Crippen LogP contribution < -0.4 is 9.47 Å². The van der Waals surface area contributed by atoms with Crippen molar-refractivity contribution in [2.24, 2.45) is 0 Å². The van der Waals surface area contributed by atoms with E-state index >= 15 is 0 Å². The molecule has 1 amide bonds. The first-order valence-corrected chi connectivity index (χ1v) is 10.1. The van der Waals surface area contributed by atoms with Gasteiger partial charge in [0.05, 0.1) is 25.8 Å². The third kappa shape index (κ3) is 5.00. The van der Waals surface area contributed by atoms with Crippen molar-refractivity contribution in [3.63, 3.8) is 0 Å². The van der Waals surface area contributed by atoms with E-state index in [0.717, 1.165) is 11.1 Å². The van der Waals surface area contributed by atoms with Crippen molar-refractivity contribution in [2.45, 2.75) is 33.7 Å². The van der Waals surface area contributed by atoms with Gasteiger partial charge in [0.2, 0.25) is 11.8 Å². The molecule has 1 heterocycles. The fraction of sp³-hybridized carbons (Fsp3) is 0.333. The Morgan fingerprint density at radius 2 is 1.87 bits per heavy atom. The van der Waals surface area contributed by atoms with Gasteiger partial charge in [-0.3, -0.25) is 4.79 Å². The van der Waals surface area contributed by atoms with Gasteiger partial charge < -0.3 is 18.8 Å². The molecule has 0 saturated heterocycles. The molecule has 6 nitrogen and oxygen atoms in total. The number of aromatic nitrogens is 1. The number of carbonyl (C=O) groups excluding carboxylic acids is 1. The van der Waals surface area contributed by atoms with E-state index in [1.54, 1.807) is 12.0 Å². The van der Waals surface area contributed by atoms with Crippen LogP contribution in [0.1, 0.15) is 30.9 Å². The maximum absolute atomic E-state index is 13.0. The molecule has 2 aromatic carbocycles. The molecule has 158 valence electrons. The number of aryl methyl sites for hydroxylation is 1. The zero-order valence-corrected chi connectivity index (χ0v) is 18.0. The minimum Gasteiger partial charge on any atom is -0.493 e. The van der Waals surface area contributed by atoms with E-state index in [9.17, 15) is 4.79 Å². The van der Waals surface area contributed by atoms with E-state index < -0.39 is 0 Å². The van der Waals surface area contributed by atoms with Crippen molar-refractivity contribution in [1.82, 2.24) is 9.88 Å². The molecule has 0 unspecified atom stereocenters. The van der Waals surface area contributed by atoms with Crippen LogP contribution in [0.15, 0.2) is 52.9 Å². The van der Waals surface area contributed by atoms with Crippen LogP contribution in [0.3, 0.4) is 0 Å². The lowest BCUT2D eigenvalue weighted by atomic mass is 10.1. The molecule has 0 aliphatic rings. The number of amides is 1. The number of nitrogens with zero attached hydrogens (tertiary/aromatic N) is 2. The Hall–Kier alpha value is -3.28. The highest BCUT2D eigenvalue weighted by molar-refractivity contribution is 5.78. The molecule has 0 N–H and O–H groups in total. The molecule has 0 atom stereocenters. The monoisotopic (exact) mass is 408 g/mol. The quantitative estimate of drug-likeness (QED) is 0.516.